The summed E-state index contributed by atoms with van der Waals surface area (Å²) in [7, 11) is -1.56. The lowest BCUT2D eigenvalue weighted by atomic mass is 9.92. The summed E-state index contributed by atoms with van der Waals surface area (Å²) in [6.07, 6.45) is 0.531. The first-order chi connectivity index (χ1) is 9.04. The second-order valence-corrected chi connectivity index (χ2v) is 12.3. The molecular formula is C14H22N2O3Si. The number of nitrogens with zero attached hydrogens (tertiary/aromatic N) is 1. The highest BCUT2D eigenvalue weighted by Crippen LogP contribution is 2.33. The summed E-state index contributed by atoms with van der Waals surface area (Å²) in [6.45, 7) is 11.8. The molecule has 1 aromatic heterocycles. The van der Waals surface area contributed by atoms with Gasteiger partial charge in [0.2, 0.25) is 0 Å². The number of carbonyl (C=O) groups is 2. The summed E-state index contributed by atoms with van der Waals surface area (Å²) in [5, 5.41) is 2.82. The van der Waals surface area contributed by atoms with Gasteiger partial charge in [-0.3, -0.25) is 9.69 Å². The van der Waals surface area contributed by atoms with E-state index >= 15 is 0 Å². The number of urea groups is 1. The van der Waals surface area contributed by atoms with E-state index in [2.05, 4.69) is 25.0 Å². The number of hydrogen-bond donors (Lipinski definition) is 1. The van der Waals surface area contributed by atoms with Crippen LogP contribution in [0, 0.1) is 13.8 Å². The van der Waals surface area contributed by atoms with Crippen LogP contribution in [0.25, 0.3) is 0 Å². The summed E-state index contributed by atoms with van der Waals surface area (Å²) in [5.41, 5.74) is -0.273. The van der Waals surface area contributed by atoms with E-state index in [1.54, 1.807) is 6.92 Å². The van der Waals surface area contributed by atoms with E-state index in [9.17, 15) is 9.59 Å². The van der Waals surface area contributed by atoms with Crippen molar-refractivity contribution in [1.29, 1.82) is 0 Å². The van der Waals surface area contributed by atoms with Gasteiger partial charge >= 0.3 is 6.03 Å². The van der Waals surface area contributed by atoms with Crippen molar-refractivity contribution < 1.29 is 14.0 Å². The lowest BCUT2D eigenvalue weighted by molar-refractivity contribution is -0.130. The van der Waals surface area contributed by atoms with Gasteiger partial charge in [-0.1, -0.05) is 19.6 Å². The van der Waals surface area contributed by atoms with Gasteiger partial charge in [0.1, 0.15) is 17.1 Å². The number of furan rings is 1. The molecule has 110 valence electrons. The van der Waals surface area contributed by atoms with Gasteiger partial charge in [-0.05, 0) is 26.8 Å². The monoisotopic (exact) mass is 294 g/mol. The van der Waals surface area contributed by atoms with Gasteiger partial charge < -0.3 is 9.73 Å². The Labute approximate surface area is 120 Å². The Morgan fingerprint density at radius 3 is 2.35 bits per heavy atom. The molecule has 1 fully saturated rings. The molecule has 20 heavy (non-hydrogen) atoms. The average Bonchev–Trinajstić information content (AvgIpc) is 2.71. The van der Waals surface area contributed by atoms with E-state index in [4.69, 9.17) is 4.42 Å². The molecule has 0 saturated carbocycles. The van der Waals surface area contributed by atoms with Gasteiger partial charge in [0.15, 0.2) is 0 Å². The number of rotatable bonds is 3. The predicted octanol–water partition coefficient (Wildman–Crippen LogP) is 2.54. The molecule has 2 heterocycles. The SMILES string of the molecule is Cc1cc(C2(C)NC(=O)N(C[Si](C)(C)C)C2=O)c(C)o1. The van der Waals surface area contributed by atoms with Crippen molar-refractivity contribution in [3.05, 3.63) is 23.2 Å². The van der Waals surface area contributed by atoms with Crippen molar-refractivity contribution >= 4 is 20.0 Å². The maximum Gasteiger partial charge on any atom is 0.325 e. The third-order valence-corrected chi connectivity index (χ3v) is 4.75. The third-order valence-electron chi connectivity index (χ3n) is 3.49. The number of imide groups is 1. The van der Waals surface area contributed by atoms with Crippen LogP contribution in [0.3, 0.4) is 0 Å². The lowest BCUT2D eigenvalue weighted by Crippen LogP contribution is -2.45. The highest BCUT2D eigenvalue weighted by molar-refractivity contribution is 6.76. The van der Waals surface area contributed by atoms with Crippen LogP contribution in [0.5, 0.6) is 0 Å². The van der Waals surface area contributed by atoms with Crippen molar-refractivity contribution in [3.8, 4) is 0 Å². The van der Waals surface area contributed by atoms with Crippen LogP contribution in [0.4, 0.5) is 4.79 Å². The highest BCUT2D eigenvalue weighted by Gasteiger charge is 2.51. The fraction of sp³-hybridized carbons (Fsp3) is 0.571. The highest BCUT2D eigenvalue weighted by atomic mass is 28.3. The largest absolute Gasteiger partial charge is 0.466 e. The molecular weight excluding hydrogens is 272 g/mol. The summed E-state index contributed by atoms with van der Waals surface area (Å²) >= 11 is 0. The number of carbonyl (C=O) groups excluding carboxylic acids is 2. The van der Waals surface area contributed by atoms with Crippen molar-refractivity contribution in [2.45, 2.75) is 46.0 Å². The zero-order valence-electron chi connectivity index (χ0n) is 13.0. The fourth-order valence-electron chi connectivity index (χ4n) is 2.62. The molecule has 0 aliphatic carbocycles. The zero-order chi connectivity index (χ0) is 15.3. The minimum absolute atomic E-state index is 0.186. The van der Waals surface area contributed by atoms with Crippen LogP contribution < -0.4 is 5.32 Å². The quantitative estimate of drug-likeness (QED) is 0.688. The molecule has 3 amide bonds. The van der Waals surface area contributed by atoms with Crippen molar-refractivity contribution in [3.63, 3.8) is 0 Å². The van der Waals surface area contributed by atoms with Gasteiger partial charge in [-0.25, -0.2) is 4.79 Å². The lowest BCUT2D eigenvalue weighted by Gasteiger charge is -2.24. The summed E-state index contributed by atoms with van der Waals surface area (Å²) in [4.78, 5) is 26.2. The molecule has 0 bridgehead atoms. The molecule has 6 heteroatoms. The number of aryl methyl sites for hydroxylation is 2. The van der Waals surface area contributed by atoms with E-state index in [1.165, 1.54) is 4.90 Å². The Bertz CT molecular complexity index is 573. The molecule has 1 aromatic rings. The minimum atomic E-state index is -1.56. The van der Waals surface area contributed by atoms with Crippen LogP contribution >= 0.6 is 0 Å². The van der Waals surface area contributed by atoms with Gasteiger partial charge in [-0.2, -0.15) is 0 Å². The molecule has 5 nitrogen and oxygen atoms in total. The standard InChI is InChI=1S/C14H22N2O3Si/c1-9-7-11(10(2)19-9)14(3)12(17)16(13(18)15-14)8-20(4,5)6/h7H,8H2,1-6H3,(H,15,18). The third kappa shape index (κ3) is 2.40. The number of nitrogens with one attached hydrogen (secondary N) is 1. The summed E-state index contributed by atoms with van der Waals surface area (Å²) in [6, 6.07) is 1.52. The molecule has 2 rings (SSSR count). The number of amides is 3. The van der Waals surface area contributed by atoms with Crippen LogP contribution in [-0.4, -0.2) is 31.1 Å². The maximum atomic E-state index is 12.7. The van der Waals surface area contributed by atoms with Crippen LogP contribution in [0.2, 0.25) is 19.6 Å². The maximum absolute atomic E-state index is 12.7. The van der Waals surface area contributed by atoms with E-state index in [0.29, 0.717) is 11.9 Å². The van der Waals surface area contributed by atoms with Crippen molar-refractivity contribution in [2.75, 3.05) is 6.17 Å². The normalized spacial score (nSPS) is 23.4. The van der Waals surface area contributed by atoms with Crippen LogP contribution in [0.1, 0.15) is 24.0 Å². The second-order valence-electron chi connectivity index (χ2n) is 6.83. The molecule has 0 aromatic carbocycles. The Morgan fingerprint density at radius 1 is 1.30 bits per heavy atom. The molecule has 1 unspecified atom stereocenters. The summed E-state index contributed by atoms with van der Waals surface area (Å²) < 4.78 is 5.50. The van der Waals surface area contributed by atoms with Gasteiger partial charge in [0.25, 0.3) is 5.91 Å². The van der Waals surface area contributed by atoms with Crippen LogP contribution in [-0.2, 0) is 10.3 Å². The van der Waals surface area contributed by atoms with E-state index in [-0.39, 0.29) is 11.9 Å². The van der Waals surface area contributed by atoms with E-state index in [0.717, 1.165) is 11.3 Å². The van der Waals surface area contributed by atoms with Crippen molar-refractivity contribution in [1.82, 2.24) is 10.2 Å². The summed E-state index contributed by atoms with van der Waals surface area (Å²) in [5.74, 6) is 1.23. The minimum Gasteiger partial charge on any atom is -0.466 e. The zero-order valence-corrected chi connectivity index (χ0v) is 14.0. The molecule has 1 atom stereocenters. The topological polar surface area (TPSA) is 62.6 Å². The van der Waals surface area contributed by atoms with Gasteiger partial charge in [0.05, 0.1) is 8.07 Å². The van der Waals surface area contributed by atoms with Gasteiger partial charge in [0, 0.05) is 11.7 Å². The first kappa shape index (κ1) is 14.8. The fourth-order valence-corrected chi connectivity index (χ4v) is 3.86. The molecule has 1 aliphatic rings. The molecule has 1 N–H and O–H groups in total. The Hall–Kier alpha value is -1.56. The molecule has 0 spiro atoms. The van der Waals surface area contributed by atoms with E-state index in [1.807, 2.05) is 19.9 Å². The molecule has 1 aliphatic heterocycles. The predicted molar refractivity (Wildman–Crippen MR) is 79.1 cm³/mol. The first-order valence-electron chi connectivity index (χ1n) is 6.76. The molecule has 0 radical (unpaired) electrons. The van der Waals surface area contributed by atoms with E-state index < -0.39 is 13.6 Å². The Balaban J connectivity index is 2.38. The van der Waals surface area contributed by atoms with Crippen LogP contribution in [0.15, 0.2) is 10.5 Å². The first-order valence-corrected chi connectivity index (χ1v) is 10.5. The number of hydrogen-bond acceptors (Lipinski definition) is 3. The Kier molecular flexibility index (Phi) is 3.32. The smallest absolute Gasteiger partial charge is 0.325 e. The Morgan fingerprint density at radius 2 is 1.90 bits per heavy atom. The average molecular weight is 294 g/mol. The van der Waals surface area contributed by atoms with Gasteiger partial charge in [-0.15, -0.1) is 0 Å². The molecule has 1 saturated heterocycles. The second kappa shape index (κ2) is 4.48. The van der Waals surface area contributed by atoms with Crippen molar-refractivity contribution in [2.24, 2.45) is 0 Å².